The van der Waals surface area contributed by atoms with E-state index in [1.54, 1.807) is 14.2 Å². The highest BCUT2D eigenvalue weighted by Crippen LogP contribution is 2.00. The maximum atomic E-state index is 11.7. The van der Waals surface area contributed by atoms with Gasteiger partial charge in [-0.3, -0.25) is 9.69 Å². The number of hydrogen-bond acceptors (Lipinski definition) is 6. The standard InChI is InChI=1S/C14H30N2O4/c1-5-7-15-13(14(17)20-4)6-8-16(9-11-18-2)10-12-19-3/h13,15H,5-12H2,1-4H3. The summed E-state index contributed by atoms with van der Waals surface area (Å²) in [5.41, 5.74) is 0. The topological polar surface area (TPSA) is 60.0 Å². The second kappa shape index (κ2) is 13.3. The lowest BCUT2D eigenvalue weighted by atomic mass is 10.2. The van der Waals surface area contributed by atoms with Crippen molar-refractivity contribution in [1.82, 2.24) is 10.2 Å². The van der Waals surface area contributed by atoms with Gasteiger partial charge < -0.3 is 19.5 Å². The molecule has 0 aromatic rings. The molecule has 0 aliphatic heterocycles. The van der Waals surface area contributed by atoms with E-state index in [1.165, 1.54) is 7.11 Å². The predicted octanol–water partition coefficient (Wildman–Crippen LogP) is 0.513. The highest BCUT2D eigenvalue weighted by Gasteiger charge is 2.19. The minimum absolute atomic E-state index is 0.197. The molecule has 20 heavy (non-hydrogen) atoms. The first-order chi connectivity index (χ1) is 9.69. The molecule has 0 saturated heterocycles. The van der Waals surface area contributed by atoms with Crippen LogP contribution in [0.2, 0.25) is 0 Å². The molecule has 1 unspecified atom stereocenters. The third kappa shape index (κ3) is 9.25. The zero-order chi connectivity index (χ0) is 15.2. The van der Waals surface area contributed by atoms with Gasteiger partial charge in [0.05, 0.1) is 20.3 Å². The summed E-state index contributed by atoms with van der Waals surface area (Å²) >= 11 is 0. The number of carbonyl (C=O) groups is 1. The Labute approximate surface area is 122 Å². The third-order valence-corrected chi connectivity index (χ3v) is 3.08. The summed E-state index contributed by atoms with van der Waals surface area (Å²) in [5, 5.41) is 3.22. The average molecular weight is 290 g/mol. The number of methoxy groups -OCH3 is 3. The van der Waals surface area contributed by atoms with Gasteiger partial charge in [0.15, 0.2) is 0 Å². The first-order valence-electron chi connectivity index (χ1n) is 7.21. The maximum Gasteiger partial charge on any atom is 0.322 e. The molecule has 0 fully saturated rings. The summed E-state index contributed by atoms with van der Waals surface area (Å²) in [6.07, 6.45) is 1.71. The normalized spacial score (nSPS) is 12.7. The van der Waals surface area contributed by atoms with Crippen LogP contribution < -0.4 is 5.32 Å². The van der Waals surface area contributed by atoms with Gasteiger partial charge in [-0.05, 0) is 19.4 Å². The molecule has 0 radical (unpaired) electrons. The predicted molar refractivity (Wildman–Crippen MR) is 78.9 cm³/mol. The molecule has 120 valence electrons. The fourth-order valence-corrected chi connectivity index (χ4v) is 1.85. The number of nitrogens with zero attached hydrogens (tertiary/aromatic N) is 1. The fraction of sp³-hybridized carbons (Fsp3) is 0.929. The highest BCUT2D eigenvalue weighted by molar-refractivity contribution is 5.75. The van der Waals surface area contributed by atoms with Crippen LogP contribution in [0, 0.1) is 0 Å². The summed E-state index contributed by atoms with van der Waals surface area (Å²) in [6, 6.07) is -0.243. The van der Waals surface area contributed by atoms with Crippen molar-refractivity contribution < 1.29 is 19.0 Å². The van der Waals surface area contributed by atoms with E-state index in [9.17, 15) is 4.79 Å². The van der Waals surface area contributed by atoms with E-state index >= 15 is 0 Å². The number of ether oxygens (including phenoxy) is 3. The minimum atomic E-state index is -0.243. The lowest BCUT2D eigenvalue weighted by Crippen LogP contribution is -2.42. The summed E-state index contributed by atoms with van der Waals surface area (Å²) in [6.45, 7) is 6.72. The molecule has 0 aromatic heterocycles. The van der Waals surface area contributed by atoms with Gasteiger partial charge in [-0.2, -0.15) is 0 Å². The van der Waals surface area contributed by atoms with E-state index < -0.39 is 0 Å². The van der Waals surface area contributed by atoms with Crippen LogP contribution in [0.5, 0.6) is 0 Å². The molecule has 0 aromatic carbocycles. The van der Waals surface area contributed by atoms with Gasteiger partial charge in [0.2, 0.25) is 0 Å². The largest absolute Gasteiger partial charge is 0.468 e. The first-order valence-corrected chi connectivity index (χ1v) is 7.21. The molecule has 1 atom stereocenters. The van der Waals surface area contributed by atoms with Crippen LogP contribution in [0.25, 0.3) is 0 Å². The number of hydrogen-bond donors (Lipinski definition) is 1. The monoisotopic (exact) mass is 290 g/mol. The molecule has 0 heterocycles. The second-order valence-electron chi connectivity index (χ2n) is 4.65. The van der Waals surface area contributed by atoms with E-state index in [2.05, 4.69) is 17.1 Å². The van der Waals surface area contributed by atoms with Gasteiger partial charge in [0.1, 0.15) is 6.04 Å². The summed E-state index contributed by atoms with van der Waals surface area (Å²) in [7, 11) is 4.81. The first kappa shape index (κ1) is 19.3. The van der Waals surface area contributed by atoms with Crippen molar-refractivity contribution in [2.75, 3.05) is 60.7 Å². The number of nitrogens with one attached hydrogen (secondary N) is 1. The lowest BCUT2D eigenvalue weighted by Gasteiger charge is -2.24. The van der Waals surface area contributed by atoms with Crippen molar-refractivity contribution in [1.29, 1.82) is 0 Å². The van der Waals surface area contributed by atoms with Crippen LogP contribution in [0.4, 0.5) is 0 Å². The molecule has 0 aliphatic carbocycles. The SMILES string of the molecule is CCCNC(CCN(CCOC)CCOC)C(=O)OC. The van der Waals surface area contributed by atoms with Crippen molar-refractivity contribution in [2.24, 2.45) is 0 Å². The summed E-state index contributed by atoms with van der Waals surface area (Å²) in [5.74, 6) is -0.197. The third-order valence-electron chi connectivity index (χ3n) is 3.08. The molecule has 0 rings (SSSR count). The molecule has 6 nitrogen and oxygen atoms in total. The molecular weight excluding hydrogens is 260 g/mol. The van der Waals surface area contributed by atoms with Gasteiger partial charge in [-0.15, -0.1) is 0 Å². The summed E-state index contributed by atoms with van der Waals surface area (Å²) in [4.78, 5) is 13.9. The zero-order valence-electron chi connectivity index (χ0n) is 13.3. The van der Waals surface area contributed by atoms with Gasteiger partial charge in [-0.25, -0.2) is 0 Å². The number of esters is 1. The van der Waals surface area contributed by atoms with E-state index in [4.69, 9.17) is 14.2 Å². The average Bonchev–Trinajstić information content (AvgIpc) is 2.48. The van der Waals surface area contributed by atoms with E-state index in [0.717, 1.165) is 39.0 Å². The van der Waals surface area contributed by atoms with Crippen molar-refractivity contribution in [3.05, 3.63) is 0 Å². The van der Waals surface area contributed by atoms with Crippen LogP contribution in [-0.4, -0.2) is 77.6 Å². The van der Waals surface area contributed by atoms with Crippen LogP contribution in [-0.2, 0) is 19.0 Å². The zero-order valence-corrected chi connectivity index (χ0v) is 13.3. The van der Waals surface area contributed by atoms with Crippen molar-refractivity contribution >= 4 is 5.97 Å². The van der Waals surface area contributed by atoms with Crippen LogP contribution >= 0.6 is 0 Å². The van der Waals surface area contributed by atoms with Gasteiger partial charge >= 0.3 is 5.97 Å². The van der Waals surface area contributed by atoms with Crippen LogP contribution in [0.1, 0.15) is 19.8 Å². The fourth-order valence-electron chi connectivity index (χ4n) is 1.85. The van der Waals surface area contributed by atoms with E-state index in [-0.39, 0.29) is 12.0 Å². The molecular formula is C14H30N2O4. The van der Waals surface area contributed by atoms with Crippen molar-refractivity contribution in [2.45, 2.75) is 25.8 Å². The van der Waals surface area contributed by atoms with Crippen molar-refractivity contribution in [3.8, 4) is 0 Å². The minimum Gasteiger partial charge on any atom is -0.468 e. The van der Waals surface area contributed by atoms with Gasteiger partial charge in [0, 0.05) is 33.9 Å². The Kier molecular flexibility index (Phi) is 12.8. The Morgan fingerprint density at radius 3 is 2.15 bits per heavy atom. The Morgan fingerprint density at radius 1 is 1.10 bits per heavy atom. The quantitative estimate of drug-likeness (QED) is 0.499. The molecule has 0 amide bonds. The van der Waals surface area contributed by atoms with E-state index in [1.807, 2.05) is 0 Å². The van der Waals surface area contributed by atoms with E-state index in [0.29, 0.717) is 13.2 Å². The molecule has 1 N–H and O–H groups in total. The molecule has 6 heteroatoms. The Morgan fingerprint density at radius 2 is 1.70 bits per heavy atom. The molecule has 0 aliphatic rings. The molecule has 0 spiro atoms. The van der Waals surface area contributed by atoms with Gasteiger partial charge in [-0.1, -0.05) is 6.92 Å². The Balaban J connectivity index is 4.23. The Hall–Kier alpha value is -0.690. The number of carbonyl (C=O) groups excluding carboxylic acids is 1. The van der Waals surface area contributed by atoms with Crippen molar-refractivity contribution in [3.63, 3.8) is 0 Å². The van der Waals surface area contributed by atoms with Crippen LogP contribution in [0.3, 0.4) is 0 Å². The lowest BCUT2D eigenvalue weighted by molar-refractivity contribution is -0.143. The maximum absolute atomic E-state index is 11.7. The molecule has 0 saturated carbocycles. The summed E-state index contributed by atoms with van der Waals surface area (Å²) < 4.78 is 15.0. The molecule has 0 bridgehead atoms. The smallest absolute Gasteiger partial charge is 0.322 e. The van der Waals surface area contributed by atoms with Crippen LogP contribution in [0.15, 0.2) is 0 Å². The highest BCUT2D eigenvalue weighted by atomic mass is 16.5. The number of rotatable bonds is 13. The Bertz CT molecular complexity index is 231. The van der Waals surface area contributed by atoms with Gasteiger partial charge in [0.25, 0.3) is 0 Å². The second-order valence-corrected chi connectivity index (χ2v) is 4.65.